The first-order valence-corrected chi connectivity index (χ1v) is 11.8. The van der Waals surface area contributed by atoms with Crippen LogP contribution in [0.2, 0.25) is 0 Å². The van der Waals surface area contributed by atoms with Crippen molar-refractivity contribution in [1.82, 2.24) is 0 Å². The summed E-state index contributed by atoms with van der Waals surface area (Å²) >= 11 is -2.61. The first-order chi connectivity index (χ1) is 14.1. The van der Waals surface area contributed by atoms with Gasteiger partial charge in [0.2, 0.25) is 0 Å². The Kier molecular flexibility index (Phi) is 5.35. The number of carbonyl (C=O) groups excluding carboxylic acids is 2. The minimum absolute atomic E-state index is 0.0413. The molecule has 2 N–H and O–H groups in total. The van der Waals surface area contributed by atoms with Gasteiger partial charge in [-0.05, 0) is 0 Å². The first-order valence-electron chi connectivity index (χ1n) is 8.65. The third-order valence-corrected chi connectivity index (χ3v) is 6.58. The quantitative estimate of drug-likeness (QED) is 0.355. The van der Waals surface area contributed by atoms with Gasteiger partial charge in [0, 0.05) is 0 Å². The maximum absolute atomic E-state index is 12.5. The monoisotopic (exact) mass is 582 g/mol. The van der Waals surface area contributed by atoms with E-state index in [1.165, 1.54) is 12.1 Å². The zero-order valence-electron chi connectivity index (χ0n) is 15.0. The zero-order chi connectivity index (χ0) is 20.4. The van der Waals surface area contributed by atoms with Gasteiger partial charge in [0.25, 0.3) is 0 Å². The van der Waals surface area contributed by atoms with Gasteiger partial charge in [-0.15, -0.1) is 0 Å². The molecule has 0 spiro atoms. The molecule has 0 aliphatic carbocycles. The second-order valence-electron chi connectivity index (χ2n) is 6.22. The van der Waals surface area contributed by atoms with Crippen LogP contribution < -0.4 is 0 Å². The van der Waals surface area contributed by atoms with E-state index in [1.807, 2.05) is 24.3 Å². The normalized spacial score (nSPS) is 10.8. The molecule has 0 aliphatic rings. The molecule has 0 unspecified atom stereocenters. The van der Waals surface area contributed by atoms with Crippen molar-refractivity contribution in [1.29, 1.82) is 0 Å². The molecule has 7 heteroatoms. The van der Waals surface area contributed by atoms with E-state index in [4.69, 9.17) is 5.37 Å². The Morgan fingerprint density at radius 1 is 0.621 bits per heavy atom. The first kappa shape index (κ1) is 19.2. The van der Waals surface area contributed by atoms with Crippen LogP contribution in [0.15, 0.2) is 72.8 Å². The Hall–Kier alpha value is -3.14. The van der Waals surface area contributed by atoms with Crippen LogP contribution in [0.3, 0.4) is 0 Å². The standard InChI is InChI=1S/2C11H8O3.Pb/c2*12-9-6-5-7-3-1-2-4-8(7)10(9)11(13)14;/h2*1-6,12H,(H,13,14);/q;;+2/p-2. The third kappa shape index (κ3) is 3.75. The molecule has 0 atom stereocenters. The van der Waals surface area contributed by atoms with Crippen LogP contribution in [0.5, 0.6) is 11.5 Å². The van der Waals surface area contributed by atoms with Crippen molar-refractivity contribution in [3.8, 4) is 11.5 Å². The Labute approximate surface area is 178 Å². The van der Waals surface area contributed by atoms with E-state index < -0.39 is 37.1 Å². The molecule has 0 bridgehead atoms. The Morgan fingerprint density at radius 3 is 1.48 bits per heavy atom. The van der Waals surface area contributed by atoms with E-state index in [0.717, 1.165) is 10.8 Å². The van der Waals surface area contributed by atoms with Crippen molar-refractivity contribution in [2.75, 3.05) is 0 Å². The summed E-state index contributed by atoms with van der Waals surface area (Å²) in [4.78, 5) is 25.0. The van der Waals surface area contributed by atoms with Gasteiger partial charge in [0.1, 0.15) is 0 Å². The van der Waals surface area contributed by atoms with E-state index in [2.05, 4.69) is 0 Å². The molecule has 4 rings (SSSR count). The summed E-state index contributed by atoms with van der Waals surface area (Å²) in [6, 6.07) is 20.5. The van der Waals surface area contributed by atoms with E-state index >= 15 is 0 Å². The summed E-state index contributed by atoms with van der Waals surface area (Å²) in [5.74, 6) is -1.87. The van der Waals surface area contributed by atoms with Crippen LogP contribution >= 0.6 is 0 Å². The van der Waals surface area contributed by atoms with Gasteiger partial charge in [-0.3, -0.25) is 0 Å². The molecular weight excluding hydrogens is 567 g/mol. The van der Waals surface area contributed by atoms with Crippen molar-refractivity contribution < 1.29 is 25.2 Å². The SMILES string of the molecule is O=C([O][Pb][O]C(=O)c1c(O)ccc2ccccc12)c1c(O)ccc2ccccc12. The van der Waals surface area contributed by atoms with Crippen molar-refractivity contribution >= 4 is 58.6 Å². The fourth-order valence-corrected chi connectivity index (χ4v) is 4.69. The number of hydrogen-bond acceptors (Lipinski definition) is 6. The van der Waals surface area contributed by atoms with Gasteiger partial charge in [-0.1, -0.05) is 0 Å². The van der Waals surface area contributed by atoms with Crippen LogP contribution in [-0.2, 0) is 5.37 Å². The van der Waals surface area contributed by atoms with Crippen LogP contribution in [0.4, 0.5) is 0 Å². The molecule has 0 saturated carbocycles. The van der Waals surface area contributed by atoms with Crippen molar-refractivity contribution in [3.63, 3.8) is 0 Å². The van der Waals surface area contributed by atoms with Gasteiger partial charge < -0.3 is 0 Å². The predicted molar refractivity (Wildman–Crippen MR) is 108 cm³/mol. The Balaban J connectivity index is 1.52. The summed E-state index contributed by atoms with van der Waals surface area (Å²) in [7, 11) is 0. The second-order valence-corrected chi connectivity index (χ2v) is 8.46. The summed E-state index contributed by atoms with van der Waals surface area (Å²) in [5.41, 5.74) is 0.0827. The molecule has 0 heterocycles. The fraction of sp³-hybridized carbons (Fsp3) is 0. The third-order valence-electron chi connectivity index (χ3n) is 4.49. The summed E-state index contributed by atoms with van der Waals surface area (Å²) in [6.45, 7) is 0. The molecule has 0 saturated heterocycles. The van der Waals surface area contributed by atoms with Crippen LogP contribution in [0.25, 0.3) is 21.5 Å². The van der Waals surface area contributed by atoms with Crippen LogP contribution in [0.1, 0.15) is 20.7 Å². The van der Waals surface area contributed by atoms with Gasteiger partial charge in [0.05, 0.1) is 0 Å². The summed E-state index contributed by atoms with van der Waals surface area (Å²) in [5, 5.41) is 22.9. The number of aromatic hydroxyl groups is 2. The predicted octanol–water partition coefficient (Wildman–Crippen LogP) is 3.95. The van der Waals surface area contributed by atoms with Gasteiger partial charge >= 0.3 is 179 Å². The Morgan fingerprint density at radius 2 is 1.03 bits per heavy atom. The van der Waals surface area contributed by atoms with E-state index in [1.54, 1.807) is 36.4 Å². The minimum atomic E-state index is -2.61. The van der Waals surface area contributed by atoms with Gasteiger partial charge in [-0.2, -0.15) is 0 Å². The number of phenolic OH excluding ortho intramolecular Hbond substituents is 2. The average molecular weight is 582 g/mol. The summed E-state index contributed by atoms with van der Waals surface area (Å²) < 4.78 is 10.5. The number of fused-ring (bicyclic) bond motifs is 2. The molecule has 2 radical (unpaired) electrons. The van der Waals surface area contributed by atoms with E-state index in [0.29, 0.717) is 10.8 Å². The number of phenols is 2. The van der Waals surface area contributed by atoms with Crippen molar-refractivity contribution in [3.05, 3.63) is 83.9 Å². The van der Waals surface area contributed by atoms with Crippen LogP contribution in [-0.4, -0.2) is 47.3 Å². The summed E-state index contributed by atoms with van der Waals surface area (Å²) in [6.07, 6.45) is 0. The number of rotatable bonds is 4. The van der Waals surface area contributed by atoms with Gasteiger partial charge in [0.15, 0.2) is 0 Å². The molecular formula is C22H14O6Pb. The fourth-order valence-electron chi connectivity index (χ4n) is 3.15. The maximum atomic E-state index is 12.5. The van der Waals surface area contributed by atoms with E-state index in [9.17, 15) is 19.8 Å². The van der Waals surface area contributed by atoms with E-state index in [-0.39, 0.29) is 22.6 Å². The molecule has 0 aliphatic heterocycles. The second kappa shape index (κ2) is 8.08. The number of hydrogen-bond donors (Lipinski definition) is 2. The number of carbonyl (C=O) groups is 2. The molecule has 6 nitrogen and oxygen atoms in total. The van der Waals surface area contributed by atoms with Crippen LogP contribution in [0, 0.1) is 0 Å². The van der Waals surface area contributed by atoms with Gasteiger partial charge in [-0.25, -0.2) is 0 Å². The molecule has 0 aromatic heterocycles. The average Bonchev–Trinajstić information content (AvgIpc) is 2.73. The molecule has 0 amide bonds. The Bertz CT molecular complexity index is 1150. The molecule has 29 heavy (non-hydrogen) atoms. The molecule has 142 valence electrons. The molecule has 4 aromatic rings. The van der Waals surface area contributed by atoms with Crippen molar-refractivity contribution in [2.24, 2.45) is 0 Å². The number of benzene rings is 4. The molecule has 0 fully saturated rings. The molecule has 4 aromatic carbocycles. The zero-order valence-corrected chi connectivity index (χ0v) is 18.8. The topological polar surface area (TPSA) is 93.1 Å². The van der Waals surface area contributed by atoms with Crippen molar-refractivity contribution in [2.45, 2.75) is 0 Å².